The van der Waals surface area contributed by atoms with E-state index >= 15 is 0 Å². The summed E-state index contributed by atoms with van der Waals surface area (Å²) in [5.74, 6) is 1.07. The Morgan fingerprint density at radius 3 is 2.44 bits per heavy atom. The number of para-hydroxylation sites is 2. The summed E-state index contributed by atoms with van der Waals surface area (Å²) in [5.41, 5.74) is 3.36. The molecule has 0 atom stereocenters. The summed E-state index contributed by atoms with van der Waals surface area (Å²) in [6, 6.07) is 17.1. The van der Waals surface area contributed by atoms with Gasteiger partial charge in [-0.05, 0) is 36.4 Å². The first-order chi connectivity index (χ1) is 13.2. The molecule has 1 aromatic heterocycles. The summed E-state index contributed by atoms with van der Waals surface area (Å²) in [7, 11) is 2.05. The molecule has 6 heteroatoms. The van der Waals surface area contributed by atoms with Gasteiger partial charge in [-0.2, -0.15) is 5.26 Å². The topological polar surface area (TPSA) is 65.2 Å². The summed E-state index contributed by atoms with van der Waals surface area (Å²) >= 11 is 0. The normalized spacial score (nSPS) is 15.0. The predicted molar refractivity (Wildman–Crippen MR) is 103 cm³/mol. The molecule has 0 spiro atoms. The number of hydrogen-bond donors (Lipinski definition) is 0. The molecule has 0 bridgehead atoms. The average Bonchev–Trinajstić information content (AvgIpc) is 3.04. The summed E-state index contributed by atoms with van der Waals surface area (Å²) in [4.78, 5) is 21.6. The minimum Gasteiger partial charge on any atom is -0.336 e. The highest BCUT2D eigenvalue weighted by atomic mass is 16.2. The van der Waals surface area contributed by atoms with Gasteiger partial charge in [0, 0.05) is 38.8 Å². The van der Waals surface area contributed by atoms with Crippen molar-refractivity contribution in [3.05, 3.63) is 65.5 Å². The lowest BCUT2D eigenvalue weighted by Crippen LogP contribution is -2.48. The number of amides is 1. The smallest absolute Gasteiger partial charge is 0.253 e. The highest BCUT2D eigenvalue weighted by Crippen LogP contribution is 2.17. The average molecular weight is 359 g/mol. The molecule has 0 aliphatic carbocycles. The summed E-state index contributed by atoms with van der Waals surface area (Å²) < 4.78 is 2.14. The Morgan fingerprint density at radius 1 is 1.07 bits per heavy atom. The van der Waals surface area contributed by atoms with Gasteiger partial charge in [0.1, 0.15) is 5.82 Å². The van der Waals surface area contributed by atoms with Crippen molar-refractivity contribution in [3.8, 4) is 6.07 Å². The second kappa shape index (κ2) is 7.22. The molecule has 6 nitrogen and oxygen atoms in total. The lowest BCUT2D eigenvalue weighted by molar-refractivity contribution is 0.0624. The van der Waals surface area contributed by atoms with E-state index in [4.69, 9.17) is 10.2 Å². The third-order valence-corrected chi connectivity index (χ3v) is 5.17. The Bertz CT molecular complexity index is 1010. The Kier molecular flexibility index (Phi) is 4.61. The third kappa shape index (κ3) is 3.42. The lowest BCUT2D eigenvalue weighted by Gasteiger charge is -2.34. The molecule has 136 valence electrons. The van der Waals surface area contributed by atoms with Crippen LogP contribution in [0.25, 0.3) is 11.0 Å². The van der Waals surface area contributed by atoms with E-state index in [1.165, 1.54) is 0 Å². The van der Waals surface area contributed by atoms with Crippen molar-refractivity contribution in [2.75, 3.05) is 26.2 Å². The van der Waals surface area contributed by atoms with Crippen LogP contribution in [0.5, 0.6) is 0 Å². The van der Waals surface area contributed by atoms with Crippen LogP contribution in [0.4, 0.5) is 0 Å². The van der Waals surface area contributed by atoms with Gasteiger partial charge in [-0.25, -0.2) is 4.98 Å². The zero-order valence-electron chi connectivity index (χ0n) is 15.3. The molecule has 3 aromatic rings. The number of nitriles is 1. The number of rotatable bonds is 3. The van der Waals surface area contributed by atoms with Crippen LogP contribution in [0.1, 0.15) is 21.7 Å². The van der Waals surface area contributed by atoms with Crippen LogP contribution in [-0.2, 0) is 13.6 Å². The number of hydrogen-bond acceptors (Lipinski definition) is 4. The zero-order valence-corrected chi connectivity index (χ0v) is 15.3. The van der Waals surface area contributed by atoms with Crippen LogP contribution in [-0.4, -0.2) is 51.4 Å². The van der Waals surface area contributed by atoms with Crippen molar-refractivity contribution in [2.24, 2.45) is 7.05 Å². The highest BCUT2D eigenvalue weighted by molar-refractivity contribution is 5.94. The van der Waals surface area contributed by atoms with Crippen molar-refractivity contribution >= 4 is 16.9 Å². The van der Waals surface area contributed by atoms with Gasteiger partial charge in [-0.1, -0.05) is 12.1 Å². The number of aryl methyl sites for hydroxylation is 1. The number of carbonyl (C=O) groups excluding carboxylic acids is 1. The van der Waals surface area contributed by atoms with E-state index in [-0.39, 0.29) is 5.91 Å². The van der Waals surface area contributed by atoms with E-state index in [1.807, 2.05) is 23.1 Å². The minimum atomic E-state index is 0.0295. The molecule has 0 unspecified atom stereocenters. The molecular formula is C21H21N5O. The van der Waals surface area contributed by atoms with Gasteiger partial charge in [0.15, 0.2) is 0 Å². The molecule has 4 rings (SSSR count). The standard InChI is InChI=1S/C21H21N5O/c1-24-19-5-3-2-4-18(19)23-20(24)15-25-10-12-26(13-11-25)21(27)17-8-6-16(14-22)7-9-17/h2-9H,10-13,15H2,1H3. The van der Waals surface area contributed by atoms with Gasteiger partial charge >= 0.3 is 0 Å². The number of imidazole rings is 1. The SMILES string of the molecule is Cn1c(CN2CCN(C(=O)c3ccc(C#N)cc3)CC2)nc2ccccc21. The molecule has 1 amide bonds. The third-order valence-electron chi connectivity index (χ3n) is 5.17. The number of carbonyl (C=O) groups is 1. The van der Waals surface area contributed by atoms with E-state index in [9.17, 15) is 4.79 Å². The Labute approximate surface area is 158 Å². The van der Waals surface area contributed by atoms with E-state index in [0.717, 1.165) is 36.5 Å². The number of fused-ring (bicyclic) bond motifs is 1. The van der Waals surface area contributed by atoms with Crippen LogP contribution < -0.4 is 0 Å². The Hall–Kier alpha value is -3.17. The van der Waals surface area contributed by atoms with Crippen LogP contribution in [0.3, 0.4) is 0 Å². The number of nitrogens with zero attached hydrogens (tertiary/aromatic N) is 5. The molecule has 2 aromatic carbocycles. The maximum Gasteiger partial charge on any atom is 0.253 e. The van der Waals surface area contributed by atoms with Crippen LogP contribution >= 0.6 is 0 Å². The van der Waals surface area contributed by atoms with E-state index in [0.29, 0.717) is 24.2 Å². The molecule has 1 aliphatic rings. The fourth-order valence-electron chi connectivity index (χ4n) is 3.52. The monoisotopic (exact) mass is 359 g/mol. The molecule has 27 heavy (non-hydrogen) atoms. The first-order valence-electron chi connectivity index (χ1n) is 9.08. The number of aromatic nitrogens is 2. The number of benzene rings is 2. The van der Waals surface area contributed by atoms with Crippen molar-refractivity contribution in [1.29, 1.82) is 5.26 Å². The van der Waals surface area contributed by atoms with Crippen molar-refractivity contribution in [3.63, 3.8) is 0 Å². The van der Waals surface area contributed by atoms with Crippen LogP contribution in [0.15, 0.2) is 48.5 Å². The van der Waals surface area contributed by atoms with Crippen molar-refractivity contribution in [1.82, 2.24) is 19.4 Å². The van der Waals surface area contributed by atoms with E-state index in [2.05, 4.69) is 28.7 Å². The minimum absolute atomic E-state index is 0.0295. The molecule has 0 radical (unpaired) electrons. The first kappa shape index (κ1) is 17.3. The molecule has 0 N–H and O–H groups in total. The van der Waals surface area contributed by atoms with E-state index < -0.39 is 0 Å². The largest absolute Gasteiger partial charge is 0.336 e. The fourth-order valence-corrected chi connectivity index (χ4v) is 3.52. The second-order valence-corrected chi connectivity index (χ2v) is 6.83. The van der Waals surface area contributed by atoms with Gasteiger partial charge in [-0.3, -0.25) is 9.69 Å². The van der Waals surface area contributed by atoms with Crippen molar-refractivity contribution < 1.29 is 4.79 Å². The molecule has 1 saturated heterocycles. The van der Waals surface area contributed by atoms with Crippen molar-refractivity contribution in [2.45, 2.75) is 6.54 Å². The molecule has 0 saturated carbocycles. The summed E-state index contributed by atoms with van der Waals surface area (Å²) in [6.45, 7) is 3.83. The summed E-state index contributed by atoms with van der Waals surface area (Å²) in [6.07, 6.45) is 0. The highest BCUT2D eigenvalue weighted by Gasteiger charge is 2.23. The van der Waals surface area contributed by atoms with Gasteiger partial charge in [0.05, 0.1) is 29.2 Å². The summed E-state index contributed by atoms with van der Waals surface area (Å²) in [5, 5.41) is 8.87. The zero-order chi connectivity index (χ0) is 18.8. The van der Waals surface area contributed by atoms with E-state index in [1.54, 1.807) is 24.3 Å². The Balaban J connectivity index is 1.39. The molecule has 1 aliphatic heterocycles. The molecule has 2 heterocycles. The Morgan fingerprint density at radius 2 is 1.78 bits per heavy atom. The second-order valence-electron chi connectivity index (χ2n) is 6.83. The lowest BCUT2D eigenvalue weighted by atomic mass is 10.1. The number of piperazine rings is 1. The van der Waals surface area contributed by atoms with Crippen LogP contribution in [0.2, 0.25) is 0 Å². The fraction of sp³-hybridized carbons (Fsp3) is 0.286. The maximum atomic E-state index is 12.6. The maximum absolute atomic E-state index is 12.6. The van der Waals surface area contributed by atoms with Gasteiger partial charge in [0.2, 0.25) is 0 Å². The van der Waals surface area contributed by atoms with Crippen LogP contribution in [0, 0.1) is 11.3 Å². The molecule has 1 fully saturated rings. The predicted octanol–water partition coefficient (Wildman–Crippen LogP) is 2.40. The van der Waals surface area contributed by atoms with Gasteiger partial charge in [0.25, 0.3) is 5.91 Å². The van der Waals surface area contributed by atoms with Gasteiger partial charge < -0.3 is 9.47 Å². The molecular weight excluding hydrogens is 338 g/mol. The quantitative estimate of drug-likeness (QED) is 0.720. The van der Waals surface area contributed by atoms with Gasteiger partial charge in [-0.15, -0.1) is 0 Å². The first-order valence-corrected chi connectivity index (χ1v) is 9.08.